The molecule has 2 aromatic rings. The van der Waals surface area contributed by atoms with Gasteiger partial charge < -0.3 is 9.64 Å². The van der Waals surface area contributed by atoms with Gasteiger partial charge in [-0.1, -0.05) is 18.2 Å². The minimum absolute atomic E-state index is 0.103. The van der Waals surface area contributed by atoms with E-state index >= 15 is 0 Å². The van der Waals surface area contributed by atoms with Crippen molar-refractivity contribution in [2.75, 3.05) is 19.1 Å². The van der Waals surface area contributed by atoms with Gasteiger partial charge in [-0.3, -0.25) is 10.1 Å². The smallest absolute Gasteiger partial charge is 0.333 e. The van der Waals surface area contributed by atoms with Crippen LogP contribution in [0.15, 0.2) is 30.3 Å². The van der Waals surface area contributed by atoms with E-state index in [9.17, 15) is 10.1 Å². The number of nitrogens with zero attached hydrogens (tertiary/aromatic N) is 4. The Morgan fingerprint density at radius 1 is 1.25 bits per heavy atom. The van der Waals surface area contributed by atoms with Gasteiger partial charge in [0, 0.05) is 12.7 Å². The SMILES string of the molecule is COc1nc(C)c([N+](=O)[O-])c(N(C)c2ccccc2)n1. The highest BCUT2D eigenvalue weighted by Gasteiger charge is 2.25. The summed E-state index contributed by atoms with van der Waals surface area (Å²) < 4.78 is 4.98. The number of rotatable bonds is 4. The molecule has 2 rings (SSSR count). The number of ether oxygens (including phenoxy) is 1. The van der Waals surface area contributed by atoms with Crippen LogP contribution in [0.4, 0.5) is 17.2 Å². The van der Waals surface area contributed by atoms with E-state index in [-0.39, 0.29) is 23.2 Å². The van der Waals surface area contributed by atoms with Crippen LogP contribution in [-0.4, -0.2) is 29.0 Å². The summed E-state index contributed by atoms with van der Waals surface area (Å²) in [5.74, 6) is 0.200. The average molecular weight is 274 g/mol. The van der Waals surface area contributed by atoms with Crippen LogP contribution < -0.4 is 9.64 Å². The van der Waals surface area contributed by atoms with Crippen LogP contribution >= 0.6 is 0 Å². The van der Waals surface area contributed by atoms with Crippen LogP contribution in [-0.2, 0) is 0 Å². The summed E-state index contributed by atoms with van der Waals surface area (Å²) in [7, 11) is 3.14. The molecule has 0 unspecified atom stereocenters. The third kappa shape index (κ3) is 2.51. The topological polar surface area (TPSA) is 81.4 Å². The molecule has 0 radical (unpaired) electrons. The van der Waals surface area contributed by atoms with Crippen molar-refractivity contribution in [3.63, 3.8) is 0 Å². The average Bonchev–Trinajstić information content (AvgIpc) is 2.46. The van der Waals surface area contributed by atoms with Gasteiger partial charge in [-0.05, 0) is 19.1 Å². The Kier molecular flexibility index (Phi) is 3.79. The van der Waals surface area contributed by atoms with E-state index in [0.717, 1.165) is 5.69 Å². The van der Waals surface area contributed by atoms with Crippen molar-refractivity contribution in [2.45, 2.75) is 6.92 Å². The first-order valence-electron chi connectivity index (χ1n) is 5.90. The second-order valence-corrected chi connectivity index (χ2v) is 4.12. The first-order chi connectivity index (χ1) is 9.54. The van der Waals surface area contributed by atoms with Crippen molar-refractivity contribution in [3.05, 3.63) is 46.1 Å². The molecule has 0 N–H and O–H groups in total. The third-order valence-electron chi connectivity index (χ3n) is 2.85. The number of nitro groups is 1. The molecule has 0 saturated carbocycles. The fraction of sp³-hybridized carbons (Fsp3) is 0.231. The number of hydrogen-bond donors (Lipinski definition) is 0. The highest BCUT2D eigenvalue weighted by Crippen LogP contribution is 2.33. The lowest BCUT2D eigenvalue weighted by atomic mass is 10.2. The van der Waals surface area contributed by atoms with Crippen LogP contribution in [0.5, 0.6) is 6.01 Å². The van der Waals surface area contributed by atoms with Crippen molar-refractivity contribution in [3.8, 4) is 6.01 Å². The zero-order chi connectivity index (χ0) is 14.7. The maximum Gasteiger partial charge on any atom is 0.333 e. The summed E-state index contributed by atoms with van der Waals surface area (Å²) in [6, 6.07) is 9.36. The molecular formula is C13H14N4O3. The Bertz CT molecular complexity index is 631. The lowest BCUT2D eigenvalue weighted by Crippen LogP contribution is -2.15. The van der Waals surface area contributed by atoms with Crippen molar-refractivity contribution in [1.82, 2.24) is 9.97 Å². The molecule has 0 aliphatic heterocycles. The van der Waals surface area contributed by atoms with E-state index in [1.165, 1.54) is 7.11 Å². The molecular weight excluding hydrogens is 260 g/mol. The van der Waals surface area contributed by atoms with E-state index in [1.807, 2.05) is 30.3 Å². The normalized spacial score (nSPS) is 10.2. The molecule has 7 nitrogen and oxygen atoms in total. The molecule has 0 aliphatic carbocycles. The Morgan fingerprint density at radius 3 is 2.45 bits per heavy atom. The Hall–Kier alpha value is -2.70. The summed E-state index contributed by atoms with van der Waals surface area (Å²) in [4.78, 5) is 20.4. The van der Waals surface area contributed by atoms with E-state index in [4.69, 9.17) is 4.74 Å². The van der Waals surface area contributed by atoms with Gasteiger partial charge in [0.2, 0.25) is 5.82 Å². The Balaban J connectivity index is 2.59. The van der Waals surface area contributed by atoms with Crippen LogP contribution in [0.25, 0.3) is 0 Å². The molecule has 0 spiro atoms. The van der Waals surface area contributed by atoms with E-state index < -0.39 is 4.92 Å². The molecule has 0 atom stereocenters. The van der Waals surface area contributed by atoms with Crippen molar-refractivity contribution >= 4 is 17.2 Å². The standard InChI is InChI=1S/C13H14N4O3/c1-9-11(17(18)19)12(15-13(14-9)20-3)16(2)10-7-5-4-6-8-10/h4-8H,1-3H3. The zero-order valence-corrected chi connectivity index (χ0v) is 11.4. The number of aromatic nitrogens is 2. The summed E-state index contributed by atoms with van der Waals surface area (Å²) in [6.07, 6.45) is 0. The summed E-state index contributed by atoms with van der Waals surface area (Å²) in [5.41, 5.74) is 0.924. The van der Waals surface area contributed by atoms with Gasteiger partial charge in [0.15, 0.2) is 0 Å². The highest BCUT2D eigenvalue weighted by atomic mass is 16.6. The van der Waals surface area contributed by atoms with E-state index in [1.54, 1.807) is 18.9 Å². The molecule has 0 amide bonds. The van der Waals surface area contributed by atoms with Crippen LogP contribution in [0.3, 0.4) is 0 Å². The number of anilines is 2. The lowest BCUT2D eigenvalue weighted by Gasteiger charge is -2.18. The predicted molar refractivity (Wildman–Crippen MR) is 74.5 cm³/mol. The van der Waals surface area contributed by atoms with Crippen molar-refractivity contribution in [2.24, 2.45) is 0 Å². The van der Waals surface area contributed by atoms with E-state index in [0.29, 0.717) is 0 Å². The van der Waals surface area contributed by atoms with Crippen molar-refractivity contribution in [1.29, 1.82) is 0 Å². The summed E-state index contributed by atoms with van der Waals surface area (Å²) >= 11 is 0. The van der Waals surface area contributed by atoms with Gasteiger partial charge in [-0.25, -0.2) is 0 Å². The summed E-state index contributed by atoms with van der Waals surface area (Å²) in [6.45, 7) is 1.56. The van der Waals surface area contributed by atoms with Crippen molar-refractivity contribution < 1.29 is 9.66 Å². The summed E-state index contributed by atoms with van der Waals surface area (Å²) in [5, 5.41) is 11.2. The third-order valence-corrected chi connectivity index (χ3v) is 2.85. The Morgan fingerprint density at radius 2 is 1.90 bits per heavy atom. The van der Waals surface area contributed by atoms with Gasteiger partial charge in [-0.2, -0.15) is 9.97 Å². The van der Waals surface area contributed by atoms with Crippen LogP contribution in [0.2, 0.25) is 0 Å². The van der Waals surface area contributed by atoms with E-state index in [2.05, 4.69) is 9.97 Å². The number of methoxy groups -OCH3 is 1. The zero-order valence-electron chi connectivity index (χ0n) is 11.4. The number of aryl methyl sites for hydroxylation is 1. The number of benzene rings is 1. The van der Waals surface area contributed by atoms with Gasteiger partial charge in [0.25, 0.3) is 0 Å². The second kappa shape index (κ2) is 5.52. The molecule has 0 bridgehead atoms. The first-order valence-corrected chi connectivity index (χ1v) is 5.90. The molecule has 1 aromatic heterocycles. The van der Waals surface area contributed by atoms with Crippen LogP contribution in [0.1, 0.15) is 5.69 Å². The highest BCUT2D eigenvalue weighted by molar-refractivity contribution is 5.69. The quantitative estimate of drug-likeness (QED) is 0.629. The molecule has 0 fully saturated rings. The molecule has 1 heterocycles. The van der Waals surface area contributed by atoms with Crippen LogP contribution in [0, 0.1) is 17.0 Å². The molecule has 0 saturated heterocycles. The Labute approximate surface area is 116 Å². The molecule has 1 aromatic carbocycles. The fourth-order valence-corrected chi connectivity index (χ4v) is 1.84. The number of para-hydroxylation sites is 1. The fourth-order valence-electron chi connectivity index (χ4n) is 1.84. The maximum absolute atomic E-state index is 11.2. The van der Waals surface area contributed by atoms with Gasteiger partial charge in [0.05, 0.1) is 12.0 Å². The molecule has 20 heavy (non-hydrogen) atoms. The minimum Gasteiger partial charge on any atom is -0.467 e. The monoisotopic (exact) mass is 274 g/mol. The molecule has 7 heteroatoms. The molecule has 0 aliphatic rings. The van der Waals surface area contributed by atoms with Gasteiger partial charge in [-0.15, -0.1) is 0 Å². The van der Waals surface area contributed by atoms with Gasteiger partial charge in [0.1, 0.15) is 5.69 Å². The molecule has 104 valence electrons. The number of hydrogen-bond acceptors (Lipinski definition) is 6. The van der Waals surface area contributed by atoms with Gasteiger partial charge >= 0.3 is 11.7 Å². The second-order valence-electron chi connectivity index (χ2n) is 4.12. The minimum atomic E-state index is -0.483. The maximum atomic E-state index is 11.2. The largest absolute Gasteiger partial charge is 0.467 e. The predicted octanol–water partition coefficient (Wildman–Crippen LogP) is 2.47. The lowest BCUT2D eigenvalue weighted by molar-refractivity contribution is -0.385. The first kappa shape index (κ1) is 13.7.